The van der Waals surface area contributed by atoms with Crippen molar-refractivity contribution in [3.05, 3.63) is 17.7 Å². The van der Waals surface area contributed by atoms with E-state index < -0.39 is 12.0 Å². The van der Waals surface area contributed by atoms with Gasteiger partial charge in [-0.1, -0.05) is 0 Å². The molecule has 112 valence electrons. The average Bonchev–Trinajstić information content (AvgIpc) is 2.44. The maximum atomic E-state index is 10.6. The van der Waals surface area contributed by atoms with Crippen LogP contribution in [0.25, 0.3) is 0 Å². The van der Waals surface area contributed by atoms with Gasteiger partial charge in [-0.15, -0.1) is 0 Å². The first kappa shape index (κ1) is 16.1. The molecule has 0 amide bonds. The number of aliphatic carboxylic acids is 1. The number of nitrogens with two attached hydrogens (primary N) is 1. The highest BCUT2D eigenvalue weighted by molar-refractivity contribution is 5.67. The molecule has 0 fully saturated rings. The van der Waals surface area contributed by atoms with Crippen molar-refractivity contribution in [1.82, 2.24) is 0 Å². The maximum Gasteiger partial charge on any atom is 0.303 e. The summed E-state index contributed by atoms with van der Waals surface area (Å²) in [7, 11) is 3.06. The third-order valence-corrected chi connectivity index (χ3v) is 2.89. The fourth-order valence-electron chi connectivity index (χ4n) is 1.93. The molecule has 0 saturated heterocycles. The summed E-state index contributed by atoms with van der Waals surface area (Å²) in [5, 5.41) is 8.73. The van der Waals surface area contributed by atoms with Crippen molar-refractivity contribution in [3.63, 3.8) is 0 Å². The molecular weight excluding hydrogens is 262 g/mol. The summed E-state index contributed by atoms with van der Waals surface area (Å²) >= 11 is 0. The fraction of sp³-hybridized carbons (Fsp3) is 0.500. The van der Waals surface area contributed by atoms with Gasteiger partial charge in [-0.2, -0.15) is 0 Å². The van der Waals surface area contributed by atoms with E-state index in [4.69, 9.17) is 25.1 Å². The smallest absolute Gasteiger partial charge is 0.303 e. The lowest BCUT2D eigenvalue weighted by Gasteiger charge is -2.20. The van der Waals surface area contributed by atoms with E-state index in [2.05, 4.69) is 0 Å². The Labute approximate surface area is 118 Å². The summed E-state index contributed by atoms with van der Waals surface area (Å²) in [5.74, 6) is 0.647. The van der Waals surface area contributed by atoms with Crippen molar-refractivity contribution in [2.24, 2.45) is 5.73 Å². The Kier molecular flexibility index (Phi) is 6.11. The van der Waals surface area contributed by atoms with Gasteiger partial charge in [0.2, 0.25) is 5.75 Å². The number of benzene rings is 1. The summed E-state index contributed by atoms with van der Waals surface area (Å²) in [6, 6.07) is 3.07. The van der Waals surface area contributed by atoms with E-state index >= 15 is 0 Å². The molecule has 0 radical (unpaired) electrons. The molecule has 0 bridgehead atoms. The van der Waals surface area contributed by atoms with E-state index in [1.807, 2.05) is 6.92 Å². The summed E-state index contributed by atoms with van der Waals surface area (Å²) in [6.07, 6.45) is 0.325. The molecule has 1 aromatic rings. The molecule has 1 rings (SSSR count). The molecule has 6 nitrogen and oxygen atoms in total. The van der Waals surface area contributed by atoms with Gasteiger partial charge in [-0.05, 0) is 25.5 Å². The van der Waals surface area contributed by atoms with Crippen molar-refractivity contribution in [3.8, 4) is 17.2 Å². The predicted octanol–water partition coefficient (Wildman–Crippen LogP) is 1.97. The van der Waals surface area contributed by atoms with Gasteiger partial charge < -0.3 is 25.1 Å². The van der Waals surface area contributed by atoms with Crippen molar-refractivity contribution < 1.29 is 24.1 Å². The average molecular weight is 283 g/mol. The van der Waals surface area contributed by atoms with Crippen molar-refractivity contribution >= 4 is 5.97 Å². The van der Waals surface area contributed by atoms with Crippen LogP contribution in [-0.4, -0.2) is 31.9 Å². The van der Waals surface area contributed by atoms with Gasteiger partial charge >= 0.3 is 5.97 Å². The van der Waals surface area contributed by atoms with Crippen LogP contribution in [-0.2, 0) is 4.79 Å². The normalized spacial score (nSPS) is 11.8. The lowest BCUT2D eigenvalue weighted by atomic mass is 10.0. The van der Waals surface area contributed by atoms with E-state index in [-0.39, 0.29) is 6.42 Å². The SMILES string of the molecule is CCOc1c(C(N)CCC(=O)O)ccc(OC)c1OC. The molecule has 0 saturated carbocycles. The van der Waals surface area contributed by atoms with Gasteiger partial charge in [0, 0.05) is 18.0 Å². The number of carboxylic acids is 1. The Balaban J connectivity index is 3.13. The molecule has 1 unspecified atom stereocenters. The molecular formula is C14H21NO5. The number of carboxylic acid groups (broad SMARTS) is 1. The first-order valence-electron chi connectivity index (χ1n) is 6.40. The summed E-state index contributed by atoms with van der Waals surface area (Å²) < 4.78 is 16.1. The van der Waals surface area contributed by atoms with Crippen LogP contribution >= 0.6 is 0 Å². The Bertz CT molecular complexity index is 461. The summed E-state index contributed by atoms with van der Waals surface area (Å²) in [4.78, 5) is 10.6. The predicted molar refractivity (Wildman–Crippen MR) is 74.5 cm³/mol. The molecule has 6 heteroatoms. The first-order chi connectivity index (χ1) is 9.54. The van der Waals surface area contributed by atoms with E-state index in [9.17, 15) is 4.79 Å². The summed E-state index contributed by atoms with van der Waals surface area (Å²) in [5.41, 5.74) is 6.76. The van der Waals surface area contributed by atoms with Crippen LogP contribution in [0.1, 0.15) is 31.4 Å². The van der Waals surface area contributed by atoms with Gasteiger partial charge in [-0.3, -0.25) is 4.79 Å². The Morgan fingerprint density at radius 2 is 2.00 bits per heavy atom. The monoisotopic (exact) mass is 283 g/mol. The van der Waals surface area contributed by atoms with Crippen LogP contribution in [0.5, 0.6) is 17.2 Å². The molecule has 1 aromatic carbocycles. The van der Waals surface area contributed by atoms with E-state index in [0.29, 0.717) is 35.8 Å². The molecule has 0 aliphatic heterocycles. The van der Waals surface area contributed by atoms with E-state index in [1.54, 1.807) is 12.1 Å². The number of rotatable bonds is 8. The molecule has 0 aliphatic rings. The number of methoxy groups -OCH3 is 2. The highest BCUT2D eigenvalue weighted by Gasteiger charge is 2.20. The van der Waals surface area contributed by atoms with Crippen LogP contribution in [0.4, 0.5) is 0 Å². The Morgan fingerprint density at radius 3 is 2.50 bits per heavy atom. The molecule has 0 spiro atoms. The largest absolute Gasteiger partial charge is 0.493 e. The maximum absolute atomic E-state index is 10.6. The van der Waals surface area contributed by atoms with Crippen LogP contribution < -0.4 is 19.9 Å². The van der Waals surface area contributed by atoms with Gasteiger partial charge in [0.1, 0.15) is 0 Å². The molecule has 3 N–H and O–H groups in total. The topological polar surface area (TPSA) is 91.0 Å². The number of ether oxygens (including phenoxy) is 3. The lowest BCUT2D eigenvalue weighted by molar-refractivity contribution is -0.137. The van der Waals surface area contributed by atoms with E-state index in [0.717, 1.165) is 0 Å². The fourth-order valence-corrected chi connectivity index (χ4v) is 1.93. The van der Waals surface area contributed by atoms with Crippen LogP contribution in [0.2, 0.25) is 0 Å². The van der Waals surface area contributed by atoms with Gasteiger partial charge in [0.05, 0.1) is 20.8 Å². The number of hydrogen-bond donors (Lipinski definition) is 2. The quantitative estimate of drug-likeness (QED) is 0.758. The second-order valence-electron chi connectivity index (χ2n) is 4.19. The highest BCUT2D eigenvalue weighted by atomic mass is 16.5. The Morgan fingerprint density at radius 1 is 1.30 bits per heavy atom. The Hall–Kier alpha value is -1.95. The minimum Gasteiger partial charge on any atom is -0.493 e. The van der Waals surface area contributed by atoms with Gasteiger partial charge in [0.25, 0.3) is 0 Å². The van der Waals surface area contributed by atoms with Crippen molar-refractivity contribution in [1.29, 1.82) is 0 Å². The van der Waals surface area contributed by atoms with Crippen LogP contribution in [0.15, 0.2) is 12.1 Å². The second-order valence-corrected chi connectivity index (χ2v) is 4.19. The molecule has 0 heterocycles. The molecule has 0 aliphatic carbocycles. The standard InChI is InChI=1S/C14H21NO5/c1-4-20-13-9(10(15)6-8-12(16)17)5-7-11(18-2)14(13)19-3/h5,7,10H,4,6,8,15H2,1-3H3,(H,16,17). The summed E-state index contributed by atoms with van der Waals surface area (Å²) in [6.45, 7) is 2.30. The highest BCUT2D eigenvalue weighted by Crippen LogP contribution is 2.42. The minimum atomic E-state index is -0.876. The second kappa shape index (κ2) is 7.59. The zero-order chi connectivity index (χ0) is 15.1. The molecule has 20 heavy (non-hydrogen) atoms. The molecule has 0 aromatic heterocycles. The zero-order valence-electron chi connectivity index (χ0n) is 12.0. The number of hydrogen-bond acceptors (Lipinski definition) is 5. The van der Waals surface area contributed by atoms with Crippen molar-refractivity contribution in [2.45, 2.75) is 25.8 Å². The lowest BCUT2D eigenvalue weighted by Crippen LogP contribution is -2.14. The minimum absolute atomic E-state index is 0.00107. The van der Waals surface area contributed by atoms with Gasteiger partial charge in [0.15, 0.2) is 11.5 Å². The first-order valence-corrected chi connectivity index (χ1v) is 6.40. The van der Waals surface area contributed by atoms with E-state index in [1.165, 1.54) is 14.2 Å². The molecule has 1 atom stereocenters. The zero-order valence-corrected chi connectivity index (χ0v) is 12.0. The van der Waals surface area contributed by atoms with Crippen molar-refractivity contribution in [2.75, 3.05) is 20.8 Å². The van der Waals surface area contributed by atoms with Crippen LogP contribution in [0.3, 0.4) is 0 Å². The third-order valence-electron chi connectivity index (χ3n) is 2.89. The van der Waals surface area contributed by atoms with Crippen LogP contribution in [0, 0.1) is 0 Å². The number of carbonyl (C=O) groups is 1. The van der Waals surface area contributed by atoms with Gasteiger partial charge in [-0.25, -0.2) is 0 Å². The third kappa shape index (κ3) is 3.77.